The molecule has 0 saturated carbocycles. The number of anilines is 1. The van der Waals surface area contributed by atoms with Gasteiger partial charge in [-0.1, -0.05) is 0 Å². The number of halogens is 3. The van der Waals surface area contributed by atoms with Gasteiger partial charge in [-0.05, 0) is 18.2 Å². The van der Waals surface area contributed by atoms with E-state index in [1.165, 1.54) is 6.92 Å². The van der Waals surface area contributed by atoms with Crippen molar-refractivity contribution in [2.75, 3.05) is 11.4 Å². The number of hydrogen-bond donors (Lipinski definition) is 0. The molecule has 0 fully saturated rings. The molecule has 0 bridgehead atoms. The van der Waals surface area contributed by atoms with E-state index in [1.807, 2.05) is 0 Å². The Balaban J connectivity index is 2.19. The molecular formula is C15H12F3NO6. The van der Waals surface area contributed by atoms with Crippen LogP contribution in [0, 0.1) is 0 Å². The number of amides is 1. The molecule has 1 aromatic rings. The maximum absolute atomic E-state index is 12.7. The van der Waals surface area contributed by atoms with E-state index in [0.29, 0.717) is 17.0 Å². The summed E-state index contributed by atoms with van der Waals surface area (Å²) in [5.41, 5.74) is -1.65. The lowest BCUT2D eigenvalue weighted by Gasteiger charge is -2.18. The van der Waals surface area contributed by atoms with E-state index in [1.54, 1.807) is 0 Å². The van der Waals surface area contributed by atoms with Crippen LogP contribution in [-0.4, -0.2) is 36.5 Å². The second-order valence-electron chi connectivity index (χ2n) is 5.12. The van der Waals surface area contributed by atoms with Gasteiger partial charge in [0.1, 0.15) is 6.54 Å². The van der Waals surface area contributed by atoms with Crippen molar-refractivity contribution in [2.45, 2.75) is 26.3 Å². The zero-order chi connectivity index (χ0) is 18.9. The Kier molecular flexibility index (Phi) is 4.82. The number of alkyl halides is 3. The summed E-state index contributed by atoms with van der Waals surface area (Å²) in [5.74, 6) is -3.99. The third-order valence-electron chi connectivity index (χ3n) is 3.22. The topological polar surface area (TPSA) is 90.0 Å². The van der Waals surface area contributed by atoms with Crippen LogP contribution >= 0.6 is 0 Å². The highest BCUT2D eigenvalue weighted by Crippen LogP contribution is 2.35. The van der Waals surface area contributed by atoms with Gasteiger partial charge in [0.25, 0.3) is 11.7 Å². The van der Waals surface area contributed by atoms with Crippen LogP contribution in [-0.2, 0) is 30.0 Å². The molecule has 0 saturated heterocycles. The fraction of sp³-hybridized carbons (Fsp3) is 0.333. The number of rotatable bonds is 4. The van der Waals surface area contributed by atoms with Crippen molar-refractivity contribution in [3.05, 3.63) is 29.3 Å². The summed E-state index contributed by atoms with van der Waals surface area (Å²) in [6.45, 7) is 1.65. The molecule has 2 rings (SSSR count). The number of benzene rings is 1. The van der Waals surface area contributed by atoms with E-state index in [2.05, 4.69) is 4.74 Å². The Hall–Kier alpha value is -2.91. The van der Waals surface area contributed by atoms with Crippen molar-refractivity contribution >= 4 is 29.3 Å². The van der Waals surface area contributed by atoms with E-state index in [-0.39, 0.29) is 5.69 Å². The monoisotopic (exact) mass is 359 g/mol. The highest BCUT2D eigenvalue weighted by molar-refractivity contribution is 6.52. The predicted octanol–water partition coefficient (Wildman–Crippen LogP) is 1.69. The average molecular weight is 359 g/mol. The first-order chi connectivity index (χ1) is 11.5. The van der Waals surface area contributed by atoms with Crippen LogP contribution in [0.25, 0.3) is 0 Å². The third kappa shape index (κ3) is 3.95. The maximum Gasteiger partial charge on any atom is 0.416 e. The van der Waals surface area contributed by atoms with Crippen molar-refractivity contribution in [3.8, 4) is 0 Å². The summed E-state index contributed by atoms with van der Waals surface area (Å²) < 4.78 is 47.4. The van der Waals surface area contributed by atoms with Crippen LogP contribution in [0.3, 0.4) is 0 Å². The lowest BCUT2D eigenvalue weighted by atomic mass is 10.1. The largest absolute Gasteiger partial charge is 0.426 e. The minimum atomic E-state index is -4.68. The number of fused-ring (bicyclic) bond motifs is 1. The summed E-state index contributed by atoms with van der Waals surface area (Å²) >= 11 is 0. The summed E-state index contributed by atoms with van der Waals surface area (Å²) in [6, 6.07) is 2.19. The van der Waals surface area contributed by atoms with Crippen LogP contribution in [0.2, 0.25) is 0 Å². The van der Waals surface area contributed by atoms with Gasteiger partial charge in [0.05, 0.1) is 16.8 Å². The third-order valence-corrected chi connectivity index (χ3v) is 3.22. The summed E-state index contributed by atoms with van der Waals surface area (Å²) in [6.07, 6.45) is -5.89. The summed E-state index contributed by atoms with van der Waals surface area (Å²) in [4.78, 5) is 47.0. The molecule has 7 nitrogen and oxygen atoms in total. The molecule has 134 valence electrons. The van der Waals surface area contributed by atoms with Gasteiger partial charge in [0, 0.05) is 13.8 Å². The van der Waals surface area contributed by atoms with Gasteiger partial charge in [0.15, 0.2) is 0 Å². The zero-order valence-corrected chi connectivity index (χ0v) is 13.0. The van der Waals surface area contributed by atoms with E-state index in [9.17, 15) is 32.3 Å². The molecule has 1 aliphatic rings. The van der Waals surface area contributed by atoms with Gasteiger partial charge in [-0.3, -0.25) is 24.1 Å². The SMILES string of the molecule is CC(=O)OC(C)OC(=O)CN1C(=O)C(=O)c2cc(C(F)(F)F)ccc21. The van der Waals surface area contributed by atoms with Gasteiger partial charge in [0.2, 0.25) is 6.29 Å². The second kappa shape index (κ2) is 6.54. The van der Waals surface area contributed by atoms with Gasteiger partial charge < -0.3 is 9.47 Å². The van der Waals surface area contributed by atoms with Crippen LogP contribution < -0.4 is 4.90 Å². The molecule has 10 heteroatoms. The number of carbonyl (C=O) groups is 4. The van der Waals surface area contributed by atoms with Crippen molar-refractivity contribution in [2.24, 2.45) is 0 Å². The Morgan fingerprint density at radius 3 is 2.40 bits per heavy atom. The zero-order valence-electron chi connectivity index (χ0n) is 13.0. The first-order valence-corrected chi connectivity index (χ1v) is 6.95. The molecule has 1 heterocycles. The number of nitrogens with zero attached hydrogens (tertiary/aromatic N) is 1. The molecule has 1 unspecified atom stereocenters. The van der Waals surface area contributed by atoms with Crippen molar-refractivity contribution in [3.63, 3.8) is 0 Å². The Morgan fingerprint density at radius 1 is 1.20 bits per heavy atom. The molecule has 25 heavy (non-hydrogen) atoms. The molecule has 1 atom stereocenters. The Morgan fingerprint density at radius 2 is 1.84 bits per heavy atom. The van der Waals surface area contributed by atoms with Crippen LogP contribution in [0.4, 0.5) is 18.9 Å². The van der Waals surface area contributed by atoms with Crippen LogP contribution in [0.5, 0.6) is 0 Å². The highest BCUT2D eigenvalue weighted by Gasteiger charge is 2.40. The molecule has 1 aromatic carbocycles. The van der Waals surface area contributed by atoms with Crippen molar-refractivity contribution in [1.82, 2.24) is 0 Å². The normalized spacial score (nSPS) is 15.0. The Labute approximate surface area is 139 Å². The van der Waals surface area contributed by atoms with E-state index < -0.39 is 53.8 Å². The summed E-state index contributed by atoms with van der Waals surface area (Å²) in [7, 11) is 0. The molecule has 1 amide bonds. The van der Waals surface area contributed by atoms with Gasteiger partial charge in [-0.15, -0.1) is 0 Å². The average Bonchev–Trinajstić information content (AvgIpc) is 2.70. The lowest BCUT2D eigenvalue weighted by Crippen LogP contribution is -2.36. The smallest absolute Gasteiger partial charge is 0.416 e. The second-order valence-corrected chi connectivity index (χ2v) is 5.12. The van der Waals surface area contributed by atoms with Crippen molar-refractivity contribution in [1.29, 1.82) is 0 Å². The van der Waals surface area contributed by atoms with E-state index in [0.717, 1.165) is 13.0 Å². The molecular weight excluding hydrogens is 347 g/mol. The van der Waals surface area contributed by atoms with Gasteiger partial charge >= 0.3 is 18.1 Å². The first-order valence-electron chi connectivity index (χ1n) is 6.95. The van der Waals surface area contributed by atoms with E-state index >= 15 is 0 Å². The Bertz CT molecular complexity index is 758. The molecule has 0 aromatic heterocycles. The van der Waals surface area contributed by atoms with Gasteiger partial charge in [-0.2, -0.15) is 13.2 Å². The molecule has 0 aliphatic carbocycles. The molecule has 0 N–H and O–H groups in total. The summed E-state index contributed by atoms with van der Waals surface area (Å²) in [5, 5.41) is 0. The fourth-order valence-corrected chi connectivity index (χ4v) is 2.24. The number of esters is 2. The fourth-order valence-electron chi connectivity index (χ4n) is 2.24. The first kappa shape index (κ1) is 18.4. The minimum Gasteiger partial charge on any atom is -0.426 e. The van der Waals surface area contributed by atoms with E-state index in [4.69, 9.17) is 4.74 Å². The number of carbonyl (C=O) groups excluding carboxylic acids is 4. The van der Waals surface area contributed by atoms with Gasteiger partial charge in [-0.25, -0.2) is 0 Å². The van der Waals surface area contributed by atoms with Crippen LogP contribution in [0.15, 0.2) is 18.2 Å². The molecule has 0 spiro atoms. The molecule has 0 radical (unpaired) electrons. The quantitative estimate of drug-likeness (QED) is 0.462. The molecule has 1 aliphatic heterocycles. The van der Waals surface area contributed by atoms with Crippen LogP contribution in [0.1, 0.15) is 29.8 Å². The number of hydrogen-bond acceptors (Lipinski definition) is 6. The highest BCUT2D eigenvalue weighted by atomic mass is 19.4. The number of ketones is 1. The maximum atomic E-state index is 12.7. The predicted molar refractivity (Wildman–Crippen MR) is 75.4 cm³/mol. The number of Topliss-reactive ketones (excluding diaryl/α,β-unsaturated/α-hetero) is 1. The minimum absolute atomic E-state index is 0.125. The standard InChI is InChI=1S/C15H12F3NO6/c1-7(20)24-8(2)25-12(21)6-19-11-4-3-9(15(16,17)18)5-10(11)13(22)14(19)23/h3-5,8H,6H2,1-2H3. The number of ether oxygens (including phenoxy) is 2. The van der Waals surface area contributed by atoms with Crippen molar-refractivity contribution < 1.29 is 41.8 Å². The lowest BCUT2D eigenvalue weighted by molar-refractivity contribution is -0.182.